The second kappa shape index (κ2) is 5.09. The molecule has 1 aromatic rings. The number of rotatable bonds is 3. The molecule has 0 spiro atoms. The second-order valence-corrected chi connectivity index (χ2v) is 3.20. The molecule has 1 rings (SSSR count). The Bertz CT molecular complexity index is 501. The van der Waals surface area contributed by atoms with E-state index in [4.69, 9.17) is 0 Å². The van der Waals surface area contributed by atoms with Gasteiger partial charge in [-0.3, -0.25) is 4.21 Å². The van der Waals surface area contributed by atoms with Crippen molar-refractivity contribution in [1.82, 2.24) is 0 Å². The molecule has 76 valence electrons. The predicted octanol–water partition coefficient (Wildman–Crippen LogP) is 0.859. The first-order valence-corrected chi connectivity index (χ1v) is 4.65. The summed E-state index contributed by atoms with van der Waals surface area (Å²) in [6.07, 6.45) is 2.49. The number of carbonyl (C=O) groups excluding carboxylic acids is 2. The first-order chi connectivity index (χ1) is 7.19. The minimum absolute atomic E-state index is 0.116. The van der Waals surface area contributed by atoms with Crippen molar-refractivity contribution in [3.05, 3.63) is 18.2 Å². The van der Waals surface area contributed by atoms with E-state index in [0.717, 1.165) is 0 Å². The van der Waals surface area contributed by atoms with Crippen molar-refractivity contribution in [2.24, 2.45) is 9.98 Å². The van der Waals surface area contributed by atoms with E-state index in [-0.39, 0.29) is 16.3 Å². The normalized spacial score (nSPS) is 11.0. The number of benzene rings is 1. The molecule has 7 heteroatoms. The van der Waals surface area contributed by atoms with Gasteiger partial charge in [-0.1, -0.05) is 0 Å². The summed E-state index contributed by atoms with van der Waals surface area (Å²) in [4.78, 5) is 26.2. The molecule has 0 fully saturated rings. The first kappa shape index (κ1) is 11.2. The fraction of sp³-hybridized carbons (Fsp3) is 0. The molecule has 6 nitrogen and oxygen atoms in total. The van der Waals surface area contributed by atoms with Crippen LogP contribution in [0, 0.1) is 0 Å². The van der Waals surface area contributed by atoms with Crippen molar-refractivity contribution < 1.29 is 18.4 Å². The summed E-state index contributed by atoms with van der Waals surface area (Å²) >= 11 is -2.52. The van der Waals surface area contributed by atoms with Crippen molar-refractivity contribution in [2.45, 2.75) is 4.90 Å². The van der Waals surface area contributed by atoms with Crippen LogP contribution >= 0.6 is 0 Å². The number of aliphatic imine (C=N–C) groups is 2. The van der Waals surface area contributed by atoms with Gasteiger partial charge in [0.15, 0.2) is 0 Å². The summed E-state index contributed by atoms with van der Waals surface area (Å²) in [6, 6.07) is 3.64. The average Bonchev–Trinajstić information content (AvgIpc) is 2.18. The van der Waals surface area contributed by atoms with Crippen LogP contribution in [0.2, 0.25) is 0 Å². The zero-order valence-electron chi connectivity index (χ0n) is 7.17. The van der Waals surface area contributed by atoms with Crippen LogP contribution in [0.5, 0.6) is 0 Å². The predicted molar refractivity (Wildman–Crippen MR) is 49.2 cm³/mol. The third kappa shape index (κ3) is 2.77. The fourth-order valence-corrected chi connectivity index (χ4v) is 1.36. The number of hydrogen-bond acceptors (Lipinski definition) is 6. The van der Waals surface area contributed by atoms with Gasteiger partial charge >= 0.3 is 0 Å². The Morgan fingerprint density at radius 2 is 1.87 bits per heavy atom. The molecule has 0 bridgehead atoms. The van der Waals surface area contributed by atoms with Crippen LogP contribution in [0.3, 0.4) is 0 Å². The van der Waals surface area contributed by atoms with Crippen LogP contribution in [0.25, 0.3) is 0 Å². The third-order valence-corrected chi connectivity index (χ3v) is 2.17. The highest BCUT2D eigenvalue weighted by Gasteiger charge is 2.03. The molecule has 15 heavy (non-hydrogen) atoms. The molecule has 0 amide bonds. The highest BCUT2D eigenvalue weighted by Crippen LogP contribution is 2.26. The Hall–Kier alpha value is -1.91. The maximum atomic E-state index is 10.7. The van der Waals surface area contributed by atoms with Crippen molar-refractivity contribution in [2.75, 3.05) is 0 Å². The van der Waals surface area contributed by atoms with Crippen molar-refractivity contribution >= 4 is 34.6 Å². The van der Waals surface area contributed by atoms with Gasteiger partial charge in [0.2, 0.25) is 12.2 Å². The van der Waals surface area contributed by atoms with E-state index in [1.165, 1.54) is 30.4 Å². The molecule has 0 saturated heterocycles. The van der Waals surface area contributed by atoms with E-state index < -0.39 is 11.1 Å². The Labute approximate surface area is 86.7 Å². The Morgan fingerprint density at radius 3 is 2.40 bits per heavy atom. The molecule has 0 aliphatic heterocycles. The van der Waals surface area contributed by atoms with E-state index >= 15 is 0 Å². The monoisotopic (exact) mass is 223 g/mol. The van der Waals surface area contributed by atoms with Crippen LogP contribution in [-0.4, -0.2) is 20.9 Å². The van der Waals surface area contributed by atoms with Crippen LogP contribution in [0.1, 0.15) is 0 Å². The Morgan fingerprint density at radius 1 is 1.20 bits per heavy atom. The lowest BCUT2D eigenvalue weighted by atomic mass is 10.3. The van der Waals surface area contributed by atoms with E-state index in [9.17, 15) is 18.4 Å². The van der Waals surface area contributed by atoms with Gasteiger partial charge in [-0.05, 0) is 29.3 Å². The molecular weight excluding hydrogens is 220 g/mol. The summed E-state index contributed by atoms with van der Waals surface area (Å²) in [6.45, 7) is 0. The molecular formula is C8H3N2O4S-. The van der Waals surface area contributed by atoms with E-state index in [1.807, 2.05) is 0 Å². The lowest BCUT2D eigenvalue weighted by Crippen LogP contribution is -1.88. The molecule has 0 saturated carbocycles. The number of hydrogen-bond donors (Lipinski definition) is 0. The van der Waals surface area contributed by atoms with Gasteiger partial charge < -0.3 is 4.55 Å². The van der Waals surface area contributed by atoms with E-state index in [1.54, 1.807) is 0 Å². The Kier molecular flexibility index (Phi) is 3.79. The molecule has 0 aliphatic rings. The van der Waals surface area contributed by atoms with Crippen LogP contribution in [-0.2, 0) is 20.7 Å². The van der Waals surface area contributed by atoms with E-state index in [2.05, 4.69) is 9.98 Å². The quantitative estimate of drug-likeness (QED) is 0.431. The largest absolute Gasteiger partial charge is 0.768 e. The lowest BCUT2D eigenvalue weighted by Gasteiger charge is -2.07. The summed E-state index contributed by atoms with van der Waals surface area (Å²) in [7, 11) is 0. The SMILES string of the molecule is O=C=Nc1ccc(S(=O)[O-])c(N=C=O)c1. The van der Waals surface area contributed by atoms with Crippen LogP contribution in [0.15, 0.2) is 33.1 Å². The van der Waals surface area contributed by atoms with Gasteiger partial charge in [0.1, 0.15) is 0 Å². The smallest absolute Gasteiger partial charge is 0.240 e. The molecule has 0 heterocycles. The fourth-order valence-electron chi connectivity index (χ4n) is 0.905. The summed E-state index contributed by atoms with van der Waals surface area (Å²) in [5.74, 6) is 0. The zero-order valence-corrected chi connectivity index (χ0v) is 7.98. The van der Waals surface area contributed by atoms with Crippen LogP contribution in [0.4, 0.5) is 11.4 Å². The highest BCUT2D eigenvalue weighted by molar-refractivity contribution is 7.79. The lowest BCUT2D eigenvalue weighted by molar-refractivity contribution is 0.537. The van der Waals surface area contributed by atoms with Gasteiger partial charge in [-0.25, -0.2) is 9.59 Å². The molecule has 0 aromatic heterocycles. The molecule has 0 aliphatic carbocycles. The highest BCUT2D eigenvalue weighted by atomic mass is 32.2. The summed E-state index contributed by atoms with van der Waals surface area (Å²) < 4.78 is 21.3. The minimum Gasteiger partial charge on any atom is -0.768 e. The third-order valence-electron chi connectivity index (χ3n) is 1.46. The zero-order chi connectivity index (χ0) is 11.3. The maximum Gasteiger partial charge on any atom is 0.240 e. The Balaban J connectivity index is 3.38. The maximum absolute atomic E-state index is 10.7. The summed E-state index contributed by atoms with van der Waals surface area (Å²) in [5.41, 5.74) is 0.0445. The standard InChI is InChI=1S/C8H4N2O4S/c11-4-9-6-1-2-8(15(13)14)7(3-6)10-5-12/h1-3H,(H,13,14)/p-1. The molecule has 1 unspecified atom stereocenters. The first-order valence-electron chi connectivity index (χ1n) is 3.58. The van der Waals surface area contributed by atoms with Gasteiger partial charge in [0.05, 0.1) is 16.3 Å². The van der Waals surface area contributed by atoms with Gasteiger partial charge in [0.25, 0.3) is 0 Å². The van der Waals surface area contributed by atoms with Crippen molar-refractivity contribution in [1.29, 1.82) is 0 Å². The number of isocyanates is 2. The van der Waals surface area contributed by atoms with Crippen molar-refractivity contribution in [3.8, 4) is 0 Å². The average molecular weight is 223 g/mol. The van der Waals surface area contributed by atoms with E-state index in [0.29, 0.717) is 0 Å². The van der Waals surface area contributed by atoms with Crippen LogP contribution < -0.4 is 0 Å². The molecule has 1 atom stereocenters. The molecule has 0 N–H and O–H groups in total. The minimum atomic E-state index is -2.52. The van der Waals surface area contributed by atoms with Gasteiger partial charge in [-0.15, -0.1) is 0 Å². The topological polar surface area (TPSA) is 99.0 Å². The second-order valence-electron chi connectivity index (χ2n) is 2.29. The molecule has 1 aromatic carbocycles. The van der Waals surface area contributed by atoms with Gasteiger partial charge in [-0.2, -0.15) is 9.98 Å². The van der Waals surface area contributed by atoms with Gasteiger partial charge in [0, 0.05) is 0 Å². The number of nitrogens with zero attached hydrogens (tertiary/aromatic N) is 2. The van der Waals surface area contributed by atoms with Crippen molar-refractivity contribution in [3.63, 3.8) is 0 Å². The molecule has 0 radical (unpaired) electrons. The summed E-state index contributed by atoms with van der Waals surface area (Å²) in [5, 5.41) is 0.